The third-order valence-electron chi connectivity index (χ3n) is 2.24. The van der Waals surface area contributed by atoms with Crippen LogP contribution in [0.4, 0.5) is 17.6 Å². The van der Waals surface area contributed by atoms with Crippen molar-refractivity contribution in [2.75, 3.05) is 0 Å². The van der Waals surface area contributed by atoms with Gasteiger partial charge >= 0.3 is 6.18 Å². The lowest BCUT2D eigenvalue weighted by atomic mass is 10.2. The van der Waals surface area contributed by atoms with E-state index < -0.39 is 23.4 Å². The van der Waals surface area contributed by atoms with E-state index in [9.17, 15) is 17.6 Å². The van der Waals surface area contributed by atoms with Crippen LogP contribution in [0.25, 0.3) is 0 Å². The quantitative estimate of drug-likeness (QED) is 0.695. The SMILES string of the molecule is Fc1cc(Cl)c(Oc2ncccc2C(F)(F)F)c(Cl)c1. The molecule has 0 fully saturated rings. The van der Waals surface area contributed by atoms with Crippen molar-refractivity contribution >= 4 is 23.2 Å². The summed E-state index contributed by atoms with van der Waals surface area (Å²) in [7, 11) is 0. The Labute approximate surface area is 120 Å². The van der Waals surface area contributed by atoms with Crippen LogP contribution in [0.15, 0.2) is 30.5 Å². The van der Waals surface area contributed by atoms with Gasteiger partial charge in [0.05, 0.1) is 10.0 Å². The van der Waals surface area contributed by atoms with E-state index in [1.807, 2.05) is 0 Å². The maximum atomic E-state index is 13.0. The third kappa shape index (κ3) is 3.13. The van der Waals surface area contributed by atoms with Crippen molar-refractivity contribution in [1.29, 1.82) is 0 Å². The van der Waals surface area contributed by atoms with Gasteiger partial charge in [-0.05, 0) is 24.3 Å². The first-order chi connectivity index (χ1) is 9.29. The number of halogens is 6. The average Bonchev–Trinajstić information content (AvgIpc) is 2.33. The molecular formula is C12H5Cl2F4NO. The Kier molecular flexibility index (Phi) is 4.06. The fourth-order valence-corrected chi connectivity index (χ4v) is 1.95. The minimum absolute atomic E-state index is 0.256. The van der Waals surface area contributed by atoms with Gasteiger partial charge in [-0.2, -0.15) is 13.2 Å². The van der Waals surface area contributed by atoms with Crippen LogP contribution >= 0.6 is 23.2 Å². The Morgan fingerprint density at radius 3 is 2.25 bits per heavy atom. The lowest BCUT2D eigenvalue weighted by Gasteiger charge is -2.13. The molecule has 0 aliphatic rings. The molecule has 0 atom stereocenters. The Morgan fingerprint density at radius 2 is 1.70 bits per heavy atom. The molecule has 8 heteroatoms. The van der Waals surface area contributed by atoms with E-state index in [0.29, 0.717) is 0 Å². The molecule has 0 radical (unpaired) electrons. The highest BCUT2D eigenvalue weighted by Crippen LogP contribution is 2.41. The summed E-state index contributed by atoms with van der Waals surface area (Å²) >= 11 is 11.4. The molecule has 20 heavy (non-hydrogen) atoms. The van der Waals surface area contributed by atoms with Gasteiger partial charge < -0.3 is 4.74 Å². The molecule has 0 amide bonds. The van der Waals surface area contributed by atoms with Crippen LogP contribution in [0.5, 0.6) is 11.6 Å². The number of hydrogen-bond acceptors (Lipinski definition) is 2. The predicted octanol–water partition coefficient (Wildman–Crippen LogP) is 5.34. The molecule has 0 bridgehead atoms. The molecule has 106 valence electrons. The Hall–Kier alpha value is -1.53. The van der Waals surface area contributed by atoms with Gasteiger partial charge in [0.15, 0.2) is 5.75 Å². The van der Waals surface area contributed by atoms with E-state index >= 15 is 0 Å². The molecule has 0 aliphatic heterocycles. The number of nitrogens with zero attached hydrogens (tertiary/aromatic N) is 1. The van der Waals surface area contributed by atoms with Crippen molar-refractivity contribution < 1.29 is 22.3 Å². The normalized spacial score (nSPS) is 11.5. The van der Waals surface area contributed by atoms with E-state index in [0.717, 1.165) is 30.5 Å². The number of alkyl halides is 3. The number of ether oxygens (including phenoxy) is 1. The summed E-state index contributed by atoms with van der Waals surface area (Å²) in [6, 6.07) is 3.66. The Morgan fingerprint density at radius 1 is 1.10 bits per heavy atom. The molecule has 1 heterocycles. The molecule has 0 saturated heterocycles. The molecule has 0 unspecified atom stereocenters. The molecule has 0 saturated carbocycles. The van der Waals surface area contributed by atoms with Gasteiger partial charge in [-0.15, -0.1) is 0 Å². The first kappa shape index (κ1) is 14.9. The van der Waals surface area contributed by atoms with Crippen molar-refractivity contribution in [3.63, 3.8) is 0 Å². The summed E-state index contributed by atoms with van der Waals surface area (Å²) in [5.74, 6) is -1.74. The topological polar surface area (TPSA) is 22.1 Å². The summed E-state index contributed by atoms with van der Waals surface area (Å²) in [5.41, 5.74) is -1.09. The predicted molar refractivity (Wildman–Crippen MR) is 65.7 cm³/mol. The second kappa shape index (κ2) is 5.46. The van der Waals surface area contributed by atoms with Crippen molar-refractivity contribution in [3.05, 3.63) is 51.9 Å². The summed E-state index contributed by atoms with van der Waals surface area (Å²) in [6.07, 6.45) is -3.53. The molecule has 2 rings (SSSR count). The summed E-state index contributed by atoms with van der Waals surface area (Å²) < 4.78 is 56.3. The van der Waals surface area contributed by atoms with Crippen LogP contribution in [0.2, 0.25) is 10.0 Å². The van der Waals surface area contributed by atoms with Crippen LogP contribution in [0, 0.1) is 5.82 Å². The van der Waals surface area contributed by atoms with Crippen molar-refractivity contribution in [2.24, 2.45) is 0 Å². The van der Waals surface area contributed by atoms with Gasteiger partial charge in [-0.1, -0.05) is 23.2 Å². The van der Waals surface area contributed by atoms with Gasteiger partial charge in [-0.25, -0.2) is 9.37 Å². The van der Waals surface area contributed by atoms with Crippen LogP contribution in [-0.2, 0) is 6.18 Å². The Balaban J connectivity index is 2.46. The van der Waals surface area contributed by atoms with Crippen LogP contribution < -0.4 is 4.74 Å². The second-order valence-corrected chi connectivity index (χ2v) is 4.47. The number of hydrogen-bond donors (Lipinski definition) is 0. The summed E-state index contributed by atoms with van der Waals surface area (Å²) in [4.78, 5) is 3.49. The maximum Gasteiger partial charge on any atom is 0.421 e. The van der Waals surface area contributed by atoms with Gasteiger partial charge in [0.25, 0.3) is 0 Å². The Bertz CT molecular complexity index is 623. The van der Waals surface area contributed by atoms with Crippen molar-refractivity contribution in [2.45, 2.75) is 6.18 Å². The molecule has 0 spiro atoms. The lowest BCUT2D eigenvalue weighted by Crippen LogP contribution is -2.08. The second-order valence-electron chi connectivity index (χ2n) is 3.65. The van der Waals surface area contributed by atoms with Crippen LogP contribution in [0.1, 0.15) is 5.56 Å². The van der Waals surface area contributed by atoms with Crippen LogP contribution in [-0.4, -0.2) is 4.98 Å². The molecule has 2 aromatic rings. The van der Waals surface area contributed by atoms with E-state index in [4.69, 9.17) is 27.9 Å². The molecular weight excluding hydrogens is 321 g/mol. The monoisotopic (exact) mass is 325 g/mol. The fraction of sp³-hybridized carbons (Fsp3) is 0.0833. The zero-order valence-electron chi connectivity index (χ0n) is 9.51. The van der Waals surface area contributed by atoms with Gasteiger partial charge in [0.2, 0.25) is 5.88 Å². The molecule has 0 N–H and O–H groups in total. The van der Waals surface area contributed by atoms with Gasteiger partial charge in [-0.3, -0.25) is 0 Å². The van der Waals surface area contributed by atoms with Gasteiger partial charge in [0.1, 0.15) is 11.4 Å². The summed E-state index contributed by atoms with van der Waals surface area (Å²) in [6.45, 7) is 0. The minimum atomic E-state index is -4.65. The maximum absolute atomic E-state index is 13.0. The highest BCUT2D eigenvalue weighted by molar-refractivity contribution is 6.37. The van der Waals surface area contributed by atoms with Gasteiger partial charge in [0, 0.05) is 6.20 Å². The van der Waals surface area contributed by atoms with E-state index in [1.54, 1.807) is 0 Å². The number of pyridine rings is 1. The average molecular weight is 326 g/mol. The fourth-order valence-electron chi connectivity index (χ4n) is 1.41. The zero-order valence-corrected chi connectivity index (χ0v) is 11.0. The zero-order chi connectivity index (χ0) is 14.9. The molecule has 0 aliphatic carbocycles. The highest BCUT2D eigenvalue weighted by Gasteiger charge is 2.35. The number of benzene rings is 1. The van der Waals surface area contributed by atoms with E-state index in [1.165, 1.54) is 0 Å². The molecule has 1 aromatic heterocycles. The third-order valence-corrected chi connectivity index (χ3v) is 2.80. The van der Waals surface area contributed by atoms with Crippen molar-refractivity contribution in [1.82, 2.24) is 4.98 Å². The standard InChI is InChI=1S/C12H5Cl2F4NO/c13-8-4-6(15)5-9(14)10(8)20-11-7(12(16,17)18)2-1-3-19-11/h1-5H. The number of rotatable bonds is 2. The van der Waals surface area contributed by atoms with Crippen molar-refractivity contribution in [3.8, 4) is 11.6 Å². The lowest BCUT2D eigenvalue weighted by molar-refractivity contribution is -0.138. The number of aromatic nitrogens is 1. The molecule has 1 aromatic carbocycles. The highest BCUT2D eigenvalue weighted by atomic mass is 35.5. The molecule has 2 nitrogen and oxygen atoms in total. The summed E-state index contributed by atoms with van der Waals surface area (Å²) in [5, 5.41) is -0.512. The van der Waals surface area contributed by atoms with E-state index in [-0.39, 0.29) is 15.8 Å². The van der Waals surface area contributed by atoms with Crippen LogP contribution in [0.3, 0.4) is 0 Å². The first-order valence-electron chi connectivity index (χ1n) is 5.13. The largest absolute Gasteiger partial charge is 0.435 e. The minimum Gasteiger partial charge on any atom is -0.435 e. The first-order valence-corrected chi connectivity index (χ1v) is 5.89. The smallest absolute Gasteiger partial charge is 0.421 e. The van der Waals surface area contributed by atoms with E-state index in [2.05, 4.69) is 4.98 Å².